The number of hydrogen-bond donors (Lipinski definition) is 2. The zero-order valence-electron chi connectivity index (χ0n) is 5.22. The molecule has 6 heavy (non-hydrogen) atoms. The van der Waals surface area contributed by atoms with Gasteiger partial charge in [-0.2, -0.15) is 0 Å². The minimum absolute atomic E-state index is 0.350. The Morgan fingerprint density at radius 1 is 1.67 bits per heavy atom. The van der Waals surface area contributed by atoms with E-state index in [0.717, 1.165) is 10.6 Å². The first-order chi connectivity index (χ1) is 3.72. The number of carbonyl (C=O) groups excluding carboxylic acids is 1. The van der Waals surface area contributed by atoms with Gasteiger partial charge in [0.05, 0.1) is 0 Å². The molecule has 0 bridgehead atoms. The van der Waals surface area contributed by atoms with Crippen LogP contribution in [0.5, 0.6) is 0 Å². The van der Waals surface area contributed by atoms with Crippen molar-refractivity contribution >= 4 is 6.03 Å². The quantitative estimate of drug-likeness (QED) is 0.404. The van der Waals surface area contributed by atoms with Gasteiger partial charge in [0, 0.05) is 13.1 Å². The van der Waals surface area contributed by atoms with Crippen molar-refractivity contribution in [3.05, 3.63) is 0 Å². The van der Waals surface area contributed by atoms with E-state index >= 15 is 0 Å². The van der Waals surface area contributed by atoms with Gasteiger partial charge >= 0.3 is 6.03 Å². The van der Waals surface area contributed by atoms with Crippen molar-refractivity contribution in [3.8, 4) is 0 Å². The minimum atomic E-state index is -0.537. The molecule has 1 heterocycles. The summed E-state index contributed by atoms with van der Waals surface area (Å²) in [7, 11) is 0. The molecule has 0 unspecified atom stereocenters. The van der Waals surface area contributed by atoms with Gasteiger partial charge < -0.3 is 10.6 Å². The van der Waals surface area contributed by atoms with Crippen molar-refractivity contribution in [2.45, 2.75) is 0 Å². The highest BCUT2D eigenvalue weighted by Crippen LogP contribution is 1.69. The lowest BCUT2D eigenvalue weighted by Crippen LogP contribution is -2.20. The van der Waals surface area contributed by atoms with Gasteiger partial charge in [-0.3, -0.25) is 0 Å². The molecule has 1 fully saturated rings. The Morgan fingerprint density at radius 2 is 2.17 bits per heavy atom. The third-order valence-electron chi connectivity index (χ3n) is 0.594. The Bertz CT molecular complexity index is 106. The molecular weight excluding hydrogens is 80.0 g/mol. The lowest BCUT2D eigenvalue weighted by atomic mass is 10.7. The topological polar surface area (TPSA) is 41.1 Å². The van der Waals surface area contributed by atoms with Crippen molar-refractivity contribution in [2.75, 3.05) is 13.1 Å². The van der Waals surface area contributed by atoms with Crippen molar-refractivity contribution < 1.29 is 7.62 Å². The van der Waals surface area contributed by atoms with Gasteiger partial charge in [-0.25, -0.2) is 4.79 Å². The third kappa shape index (κ3) is 0.429. The van der Waals surface area contributed by atoms with Crippen molar-refractivity contribution in [1.29, 1.82) is 0 Å². The van der Waals surface area contributed by atoms with Gasteiger partial charge in [0.1, 0.15) is 0 Å². The number of hydrogen-bond acceptors (Lipinski definition) is 1. The molecule has 0 saturated carbocycles. The molecule has 0 atom stereocenters. The summed E-state index contributed by atoms with van der Waals surface area (Å²) >= 11 is 0. The van der Waals surface area contributed by atoms with E-state index in [1.54, 1.807) is 0 Å². The smallest absolute Gasteiger partial charge is 0.314 e. The molecule has 0 aliphatic carbocycles. The molecular formula is C3H6N2O. The largest absolute Gasteiger partial charge is 0.336 e. The maximum Gasteiger partial charge on any atom is 0.314 e. The molecule has 2 amide bonds. The first-order valence-electron chi connectivity index (χ1n) is 2.68. The molecule has 2 N–H and O–H groups in total. The Kier molecular flexibility index (Phi) is 0.352. The number of urea groups is 1. The van der Waals surface area contributed by atoms with Crippen LogP contribution in [-0.2, 0) is 0 Å². The lowest BCUT2D eigenvalue weighted by Gasteiger charge is -1.80. The highest BCUT2D eigenvalue weighted by Gasteiger charge is 2.02. The molecule has 3 nitrogen and oxygen atoms in total. The Morgan fingerprint density at radius 3 is 2.33 bits per heavy atom. The summed E-state index contributed by atoms with van der Waals surface area (Å²) in [5, 5.41) is 1.54. The van der Waals surface area contributed by atoms with E-state index in [1.165, 1.54) is 0 Å². The lowest BCUT2D eigenvalue weighted by molar-refractivity contribution is 0.248. The third-order valence-corrected chi connectivity index (χ3v) is 0.594. The Labute approximate surface area is 38.7 Å². The predicted octanol–water partition coefficient (Wildman–Crippen LogP) is -0.701. The van der Waals surface area contributed by atoms with Crippen LogP contribution in [0.25, 0.3) is 0 Å². The normalized spacial score (nSPS) is 27.7. The van der Waals surface area contributed by atoms with Crippen LogP contribution in [0.1, 0.15) is 0 Å². The summed E-state index contributed by atoms with van der Waals surface area (Å²) in [6.07, 6.45) is 0. The second-order valence-electron chi connectivity index (χ2n) is 1.05. The fraction of sp³-hybridized carbons (Fsp3) is 0.667. The van der Waals surface area contributed by atoms with E-state index in [1.807, 2.05) is 0 Å². The summed E-state index contributed by atoms with van der Waals surface area (Å²) in [6, 6.07) is -0.537. The standard InChI is InChI=1S/C3H6N2O/c6-3-4-1-2-5-3/h1-2H2,(H2,4,5,6)/i/hD2. The zero-order chi connectivity index (χ0) is 6.15. The first kappa shape index (κ1) is 1.82. The number of amides is 2. The van der Waals surface area contributed by atoms with Crippen LogP contribution < -0.4 is 10.6 Å². The van der Waals surface area contributed by atoms with Crippen molar-refractivity contribution in [3.63, 3.8) is 0 Å². The second kappa shape index (κ2) is 1.16. The zero-order valence-corrected chi connectivity index (χ0v) is 3.22. The first-order valence-corrected chi connectivity index (χ1v) is 1.78. The molecule has 1 rings (SSSR count). The van der Waals surface area contributed by atoms with E-state index in [-0.39, 0.29) is 0 Å². The number of carbonyl (C=O) groups is 1. The Balaban J connectivity index is 2.57. The molecule has 1 aliphatic heterocycles. The van der Waals surface area contributed by atoms with Crippen LogP contribution in [-0.4, -0.2) is 19.1 Å². The average molecular weight is 88.1 g/mol. The van der Waals surface area contributed by atoms with Crippen molar-refractivity contribution in [2.24, 2.45) is 0 Å². The van der Waals surface area contributed by atoms with E-state index in [0.29, 0.717) is 13.1 Å². The van der Waals surface area contributed by atoms with Crippen LogP contribution in [0.4, 0.5) is 4.79 Å². The molecule has 0 aromatic rings. The van der Waals surface area contributed by atoms with E-state index in [4.69, 9.17) is 2.82 Å². The fourth-order valence-electron chi connectivity index (χ4n) is 0.341. The van der Waals surface area contributed by atoms with E-state index in [2.05, 4.69) is 0 Å². The van der Waals surface area contributed by atoms with Crippen LogP contribution in [0.15, 0.2) is 0 Å². The SMILES string of the molecule is [2H]N1CCN([2H])C1=O. The van der Waals surface area contributed by atoms with Gasteiger partial charge in [-0.15, -0.1) is 0 Å². The predicted molar refractivity (Wildman–Crippen MR) is 21.4 cm³/mol. The summed E-state index contributed by atoms with van der Waals surface area (Å²) < 4.78 is 13.6. The summed E-state index contributed by atoms with van der Waals surface area (Å²) in [5.41, 5.74) is 0. The van der Waals surface area contributed by atoms with Gasteiger partial charge in [0.2, 0.25) is 0 Å². The van der Waals surface area contributed by atoms with E-state index < -0.39 is 6.03 Å². The molecule has 0 spiro atoms. The van der Waals surface area contributed by atoms with Crippen molar-refractivity contribution in [1.82, 2.24) is 10.6 Å². The molecule has 0 aromatic heterocycles. The van der Waals surface area contributed by atoms with Gasteiger partial charge in [0.25, 0.3) is 0 Å². The Hall–Kier alpha value is -0.730. The van der Waals surface area contributed by atoms with Gasteiger partial charge in [-0.05, 0) is 0 Å². The second-order valence-corrected chi connectivity index (χ2v) is 1.05. The van der Waals surface area contributed by atoms with Crippen LogP contribution in [0, 0.1) is 0 Å². The maximum absolute atomic E-state index is 10.4. The molecule has 0 aromatic carbocycles. The summed E-state index contributed by atoms with van der Waals surface area (Å²) in [5.74, 6) is 0. The summed E-state index contributed by atoms with van der Waals surface area (Å²) in [6.45, 7) is 0.699. The number of rotatable bonds is 0. The molecule has 34 valence electrons. The molecule has 3 heteroatoms. The van der Waals surface area contributed by atoms with Crippen LogP contribution in [0.2, 0.25) is 2.82 Å². The maximum atomic E-state index is 10.4. The molecule has 1 saturated heterocycles. The average Bonchev–Trinajstić information content (AvgIpc) is 1.98. The monoisotopic (exact) mass is 88.1 g/mol. The number of nitrogens with one attached hydrogen (secondary N) is 2. The van der Waals surface area contributed by atoms with Crippen LogP contribution in [0.3, 0.4) is 0 Å². The van der Waals surface area contributed by atoms with E-state index in [9.17, 15) is 4.79 Å². The fourth-order valence-corrected chi connectivity index (χ4v) is 0.341. The summed E-state index contributed by atoms with van der Waals surface area (Å²) in [4.78, 5) is 10.4. The molecule has 0 radical (unpaired) electrons. The highest BCUT2D eigenvalue weighted by molar-refractivity contribution is 5.75. The van der Waals surface area contributed by atoms with Gasteiger partial charge in [0.15, 0.2) is 2.82 Å². The highest BCUT2D eigenvalue weighted by atomic mass is 16.2. The van der Waals surface area contributed by atoms with Crippen LogP contribution >= 0.6 is 0 Å². The molecule has 1 aliphatic rings. The van der Waals surface area contributed by atoms with Gasteiger partial charge in [-0.1, -0.05) is 0 Å². The minimum Gasteiger partial charge on any atom is -0.336 e.